The summed E-state index contributed by atoms with van der Waals surface area (Å²) in [6, 6.07) is 26.6. The average Bonchev–Trinajstić information content (AvgIpc) is 2.65. The minimum atomic E-state index is 0.475. The smallest absolute Gasteiger partial charge is 0.201 e. The van der Waals surface area contributed by atoms with Crippen molar-refractivity contribution >= 4 is 22.9 Å². The molecule has 0 radical (unpaired) electrons. The van der Waals surface area contributed by atoms with Crippen LogP contribution >= 0.6 is 0 Å². The highest BCUT2D eigenvalue weighted by atomic mass is 15.3. The van der Waals surface area contributed by atoms with Crippen LogP contribution < -0.4 is 11.2 Å². The summed E-state index contributed by atoms with van der Waals surface area (Å²) in [6.45, 7) is 0. The number of hydrogen-bond donors (Lipinski definition) is 2. The van der Waals surface area contributed by atoms with E-state index in [1.165, 1.54) is 0 Å². The number of nitrogen functional groups attached to an aromatic ring is 1. The number of azo groups is 1. The average molecular weight is 315 g/mol. The number of anilines is 2. The minimum absolute atomic E-state index is 0.475. The number of amidine groups is 1. The minimum Gasteiger partial charge on any atom is -0.397 e. The fourth-order valence-electron chi connectivity index (χ4n) is 2.04. The van der Waals surface area contributed by atoms with Crippen molar-refractivity contribution in [3.05, 3.63) is 90.5 Å². The molecule has 0 spiro atoms. The van der Waals surface area contributed by atoms with Gasteiger partial charge in [-0.2, -0.15) is 5.10 Å². The van der Waals surface area contributed by atoms with Gasteiger partial charge in [-0.05, 0) is 24.3 Å². The van der Waals surface area contributed by atoms with E-state index >= 15 is 0 Å². The fraction of sp³-hybridized carbons (Fsp3) is 0. The molecule has 0 aliphatic rings. The van der Waals surface area contributed by atoms with Crippen LogP contribution in [0.4, 0.5) is 17.1 Å². The Bertz CT molecular complexity index is 842. The second-order valence-electron chi connectivity index (χ2n) is 5.04. The molecule has 0 bridgehead atoms. The molecule has 3 N–H and O–H groups in total. The Labute approximate surface area is 140 Å². The zero-order valence-electron chi connectivity index (χ0n) is 13.0. The van der Waals surface area contributed by atoms with E-state index < -0.39 is 0 Å². The molecule has 0 heterocycles. The Hall–Kier alpha value is -3.47. The fourth-order valence-corrected chi connectivity index (χ4v) is 2.04. The van der Waals surface area contributed by atoms with Crippen molar-refractivity contribution < 1.29 is 0 Å². The molecule has 3 aromatic rings. The Balaban J connectivity index is 1.89. The highest BCUT2D eigenvalue weighted by Gasteiger charge is 2.03. The first-order valence-corrected chi connectivity index (χ1v) is 7.53. The van der Waals surface area contributed by atoms with Gasteiger partial charge in [0, 0.05) is 5.56 Å². The van der Waals surface area contributed by atoms with Gasteiger partial charge in [0.2, 0.25) is 5.84 Å². The van der Waals surface area contributed by atoms with Crippen LogP contribution in [0.2, 0.25) is 0 Å². The van der Waals surface area contributed by atoms with Gasteiger partial charge < -0.3 is 5.73 Å². The third kappa shape index (κ3) is 4.04. The van der Waals surface area contributed by atoms with Crippen molar-refractivity contribution in [3.8, 4) is 0 Å². The Kier molecular flexibility index (Phi) is 4.94. The third-order valence-corrected chi connectivity index (χ3v) is 3.29. The molecule has 5 heteroatoms. The van der Waals surface area contributed by atoms with Crippen molar-refractivity contribution in [2.75, 3.05) is 11.2 Å². The molecule has 0 aromatic heterocycles. The lowest BCUT2D eigenvalue weighted by Gasteiger charge is -2.05. The first-order valence-electron chi connectivity index (χ1n) is 7.53. The van der Waals surface area contributed by atoms with Gasteiger partial charge in [0.1, 0.15) is 0 Å². The van der Waals surface area contributed by atoms with Gasteiger partial charge in [-0.15, -0.1) is 10.2 Å². The summed E-state index contributed by atoms with van der Waals surface area (Å²) in [7, 11) is 0. The van der Waals surface area contributed by atoms with Crippen LogP contribution in [0.15, 0.2) is 100 Å². The molecule has 118 valence electrons. The molecule has 0 fully saturated rings. The van der Waals surface area contributed by atoms with Gasteiger partial charge in [0.05, 0.1) is 17.1 Å². The third-order valence-electron chi connectivity index (χ3n) is 3.29. The van der Waals surface area contributed by atoms with Gasteiger partial charge in [-0.3, -0.25) is 5.43 Å². The number of benzene rings is 3. The maximum Gasteiger partial charge on any atom is 0.201 e. The number of rotatable bonds is 4. The van der Waals surface area contributed by atoms with Gasteiger partial charge in [-0.25, -0.2) is 0 Å². The lowest BCUT2D eigenvalue weighted by atomic mass is 10.2. The molecule has 3 rings (SSSR count). The molecule has 0 aliphatic heterocycles. The second-order valence-corrected chi connectivity index (χ2v) is 5.04. The molecule has 0 aliphatic carbocycles. The second kappa shape index (κ2) is 7.69. The van der Waals surface area contributed by atoms with E-state index in [9.17, 15) is 0 Å². The zero-order chi connectivity index (χ0) is 16.6. The van der Waals surface area contributed by atoms with Crippen LogP contribution in [0, 0.1) is 0 Å². The first kappa shape index (κ1) is 15.4. The summed E-state index contributed by atoms with van der Waals surface area (Å²) in [5.74, 6) is 0.475. The van der Waals surface area contributed by atoms with Crippen molar-refractivity contribution in [3.63, 3.8) is 0 Å². The topological polar surface area (TPSA) is 75.1 Å². The van der Waals surface area contributed by atoms with Crippen LogP contribution in [0.1, 0.15) is 5.56 Å². The van der Waals surface area contributed by atoms with Gasteiger partial charge in [0.25, 0.3) is 0 Å². The molecule has 3 aromatic carbocycles. The number of para-hydroxylation sites is 2. The van der Waals surface area contributed by atoms with E-state index in [4.69, 9.17) is 5.73 Å². The summed E-state index contributed by atoms with van der Waals surface area (Å²) in [5, 5.41) is 12.9. The van der Waals surface area contributed by atoms with Crippen LogP contribution in [-0.4, -0.2) is 5.84 Å². The standard InChI is InChI=1S/C19H17N5/c20-17-13-7-8-14-18(17)22-24-19(15-9-3-1-4-10-15)23-21-16-11-5-2-6-12-16/h1-14,22H,20H2/b23-21+,24-19+. The Morgan fingerprint density at radius 1 is 0.750 bits per heavy atom. The van der Waals surface area contributed by atoms with Crippen molar-refractivity contribution in [1.29, 1.82) is 0 Å². The van der Waals surface area contributed by atoms with Crippen LogP contribution in [0.25, 0.3) is 0 Å². The molecule has 0 saturated heterocycles. The molecule has 5 nitrogen and oxygen atoms in total. The van der Waals surface area contributed by atoms with Crippen LogP contribution in [0.3, 0.4) is 0 Å². The summed E-state index contributed by atoms with van der Waals surface area (Å²) >= 11 is 0. The lowest BCUT2D eigenvalue weighted by Crippen LogP contribution is -2.02. The van der Waals surface area contributed by atoms with Crippen molar-refractivity contribution in [1.82, 2.24) is 0 Å². The molecular formula is C19H17N5. The Morgan fingerprint density at radius 2 is 1.38 bits per heavy atom. The predicted molar refractivity (Wildman–Crippen MR) is 98.4 cm³/mol. The number of nitrogens with two attached hydrogens (primary N) is 1. The number of nitrogens with one attached hydrogen (secondary N) is 1. The lowest BCUT2D eigenvalue weighted by molar-refractivity contribution is 1.22. The summed E-state index contributed by atoms with van der Waals surface area (Å²) < 4.78 is 0. The van der Waals surface area contributed by atoms with E-state index in [1.54, 1.807) is 0 Å². The molecule has 0 unspecified atom stereocenters. The first-order chi connectivity index (χ1) is 11.8. The monoisotopic (exact) mass is 315 g/mol. The van der Waals surface area contributed by atoms with Gasteiger partial charge in [-0.1, -0.05) is 60.7 Å². The van der Waals surface area contributed by atoms with E-state index in [2.05, 4.69) is 20.8 Å². The maximum atomic E-state index is 5.92. The largest absolute Gasteiger partial charge is 0.397 e. The Morgan fingerprint density at radius 3 is 2.08 bits per heavy atom. The SMILES string of the molecule is Nc1ccccc1N/N=C(/N=N/c1ccccc1)c1ccccc1. The number of hydrogen-bond acceptors (Lipinski definition) is 4. The van der Waals surface area contributed by atoms with Gasteiger partial charge in [0.15, 0.2) is 0 Å². The van der Waals surface area contributed by atoms with Crippen molar-refractivity contribution in [2.24, 2.45) is 15.3 Å². The number of hydrazone groups is 1. The van der Waals surface area contributed by atoms with E-state index in [0.717, 1.165) is 16.9 Å². The molecular weight excluding hydrogens is 298 g/mol. The molecule has 0 saturated carbocycles. The summed E-state index contributed by atoms with van der Waals surface area (Å²) in [5.41, 5.74) is 11.8. The maximum absolute atomic E-state index is 5.92. The van der Waals surface area contributed by atoms with E-state index in [0.29, 0.717) is 11.5 Å². The van der Waals surface area contributed by atoms with E-state index in [-0.39, 0.29) is 0 Å². The predicted octanol–water partition coefficient (Wildman–Crippen LogP) is 4.83. The van der Waals surface area contributed by atoms with Crippen LogP contribution in [-0.2, 0) is 0 Å². The highest BCUT2D eigenvalue weighted by Crippen LogP contribution is 2.17. The number of nitrogens with zero attached hydrogens (tertiary/aromatic N) is 3. The molecule has 24 heavy (non-hydrogen) atoms. The normalized spacial score (nSPS) is 11.6. The van der Waals surface area contributed by atoms with E-state index in [1.807, 2.05) is 84.9 Å². The van der Waals surface area contributed by atoms with Crippen LogP contribution in [0.5, 0.6) is 0 Å². The highest BCUT2D eigenvalue weighted by molar-refractivity contribution is 5.99. The summed E-state index contributed by atoms with van der Waals surface area (Å²) in [6.07, 6.45) is 0. The van der Waals surface area contributed by atoms with Crippen molar-refractivity contribution in [2.45, 2.75) is 0 Å². The quantitative estimate of drug-likeness (QED) is 0.238. The van der Waals surface area contributed by atoms with Gasteiger partial charge >= 0.3 is 0 Å². The molecule has 0 amide bonds. The zero-order valence-corrected chi connectivity index (χ0v) is 13.0. The summed E-state index contributed by atoms with van der Waals surface area (Å²) in [4.78, 5) is 0. The molecule has 0 atom stereocenters.